The summed E-state index contributed by atoms with van der Waals surface area (Å²) in [6.45, 7) is 2.47. The molecule has 0 fully saturated rings. The Morgan fingerprint density at radius 1 is 1.37 bits per heavy atom. The Kier molecular flexibility index (Phi) is 5.62. The summed E-state index contributed by atoms with van der Waals surface area (Å²) in [5, 5.41) is 4.85. The van der Waals surface area contributed by atoms with Crippen LogP contribution in [0.5, 0.6) is 0 Å². The average Bonchev–Trinajstić information content (AvgIpc) is 2.30. The maximum atomic E-state index is 12.8. The van der Waals surface area contributed by atoms with Gasteiger partial charge in [-0.15, -0.1) is 0 Å². The van der Waals surface area contributed by atoms with Gasteiger partial charge in [-0.25, -0.2) is 0 Å². The van der Waals surface area contributed by atoms with Gasteiger partial charge >= 0.3 is 6.18 Å². The molecule has 1 amide bonds. The van der Waals surface area contributed by atoms with Crippen molar-refractivity contribution >= 4 is 23.2 Å². The molecule has 3 nitrogen and oxygen atoms in total. The number of amides is 1. The zero-order valence-electron chi connectivity index (χ0n) is 10.3. The summed E-state index contributed by atoms with van der Waals surface area (Å²) in [5.41, 5.74) is -1.36. The third kappa shape index (κ3) is 4.72. The number of para-hydroxylation sites is 1. The van der Waals surface area contributed by atoms with Crippen LogP contribution in [0.2, 0.25) is 5.02 Å². The van der Waals surface area contributed by atoms with Gasteiger partial charge in [0, 0.05) is 0 Å². The predicted molar refractivity (Wildman–Crippen MR) is 68.2 cm³/mol. The van der Waals surface area contributed by atoms with Crippen LogP contribution in [0.15, 0.2) is 18.2 Å². The highest BCUT2D eigenvalue weighted by Crippen LogP contribution is 2.38. The van der Waals surface area contributed by atoms with Crippen LogP contribution in [0.1, 0.15) is 18.9 Å². The molecule has 1 aromatic carbocycles. The summed E-state index contributed by atoms with van der Waals surface area (Å²) in [4.78, 5) is 11.5. The number of halogens is 4. The highest BCUT2D eigenvalue weighted by molar-refractivity contribution is 6.34. The second-order valence-corrected chi connectivity index (χ2v) is 4.29. The fourth-order valence-electron chi connectivity index (χ4n) is 1.45. The van der Waals surface area contributed by atoms with Crippen molar-refractivity contribution in [3.8, 4) is 0 Å². The second kappa shape index (κ2) is 6.77. The molecule has 0 aliphatic heterocycles. The molecule has 19 heavy (non-hydrogen) atoms. The molecule has 0 saturated heterocycles. The third-order valence-electron chi connectivity index (χ3n) is 2.30. The van der Waals surface area contributed by atoms with Crippen LogP contribution >= 0.6 is 11.6 Å². The van der Waals surface area contributed by atoms with E-state index in [1.54, 1.807) is 0 Å². The number of hydrogen-bond acceptors (Lipinski definition) is 2. The largest absolute Gasteiger partial charge is 0.418 e. The summed E-state index contributed by atoms with van der Waals surface area (Å²) in [6, 6.07) is 3.36. The van der Waals surface area contributed by atoms with Crippen molar-refractivity contribution in [2.24, 2.45) is 0 Å². The quantitative estimate of drug-likeness (QED) is 0.818. The van der Waals surface area contributed by atoms with E-state index in [2.05, 4.69) is 10.6 Å². The summed E-state index contributed by atoms with van der Waals surface area (Å²) in [7, 11) is 0. The number of hydrogen-bond donors (Lipinski definition) is 2. The fourth-order valence-corrected chi connectivity index (χ4v) is 1.67. The minimum absolute atomic E-state index is 0.0592. The summed E-state index contributed by atoms with van der Waals surface area (Å²) >= 11 is 5.71. The first kappa shape index (κ1) is 15.8. The number of carbonyl (C=O) groups excluding carboxylic acids is 1. The highest BCUT2D eigenvalue weighted by atomic mass is 35.5. The molecule has 2 N–H and O–H groups in total. The molecule has 0 radical (unpaired) electrons. The van der Waals surface area contributed by atoms with Gasteiger partial charge in [-0.2, -0.15) is 13.2 Å². The highest BCUT2D eigenvalue weighted by Gasteiger charge is 2.34. The average molecular weight is 295 g/mol. The van der Waals surface area contributed by atoms with E-state index in [0.717, 1.165) is 12.5 Å². The third-order valence-corrected chi connectivity index (χ3v) is 2.61. The van der Waals surface area contributed by atoms with Gasteiger partial charge in [0.05, 0.1) is 22.8 Å². The maximum absolute atomic E-state index is 12.8. The van der Waals surface area contributed by atoms with E-state index < -0.39 is 23.3 Å². The van der Waals surface area contributed by atoms with Gasteiger partial charge in [0.25, 0.3) is 0 Å². The van der Waals surface area contributed by atoms with E-state index in [9.17, 15) is 18.0 Å². The Morgan fingerprint density at radius 2 is 2.05 bits per heavy atom. The first-order valence-electron chi connectivity index (χ1n) is 5.72. The molecule has 0 spiro atoms. The number of alkyl halides is 3. The van der Waals surface area contributed by atoms with E-state index in [0.29, 0.717) is 6.54 Å². The second-order valence-electron chi connectivity index (χ2n) is 3.89. The van der Waals surface area contributed by atoms with Gasteiger partial charge in [-0.3, -0.25) is 4.79 Å². The lowest BCUT2D eigenvalue weighted by Crippen LogP contribution is -2.29. The van der Waals surface area contributed by atoms with Crippen molar-refractivity contribution in [2.45, 2.75) is 19.5 Å². The minimum atomic E-state index is -4.57. The molecule has 106 valence electrons. The van der Waals surface area contributed by atoms with Gasteiger partial charge in [0.2, 0.25) is 5.91 Å². The fraction of sp³-hybridized carbons (Fsp3) is 0.417. The number of benzene rings is 1. The number of anilines is 1. The van der Waals surface area contributed by atoms with E-state index in [1.807, 2.05) is 6.92 Å². The van der Waals surface area contributed by atoms with Crippen molar-refractivity contribution in [1.82, 2.24) is 5.32 Å². The molecule has 0 unspecified atom stereocenters. The smallest absolute Gasteiger partial charge is 0.323 e. The maximum Gasteiger partial charge on any atom is 0.418 e. The Balaban J connectivity index is 2.85. The van der Waals surface area contributed by atoms with Gasteiger partial charge in [0.1, 0.15) is 0 Å². The number of nitrogens with one attached hydrogen (secondary N) is 2. The summed E-state index contributed by atoms with van der Waals surface area (Å²) < 4.78 is 38.3. The lowest BCUT2D eigenvalue weighted by molar-refractivity contribution is -0.137. The number of rotatable bonds is 5. The molecule has 7 heteroatoms. The first-order chi connectivity index (χ1) is 8.86. The zero-order chi connectivity index (χ0) is 14.5. The lowest BCUT2D eigenvalue weighted by Gasteiger charge is -2.15. The predicted octanol–water partition coefficient (Wildman–Crippen LogP) is 3.30. The van der Waals surface area contributed by atoms with Crippen molar-refractivity contribution < 1.29 is 18.0 Å². The summed E-state index contributed by atoms with van der Waals surface area (Å²) in [6.07, 6.45) is -3.74. The van der Waals surface area contributed by atoms with Gasteiger partial charge in [-0.05, 0) is 25.1 Å². The van der Waals surface area contributed by atoms with E-state index in [1.165, 1.54) is 12.1 Å². The monoisotopic (exact) mass is 294 g/mol. The molecule has 1 aromatic rings. The molecular formula is C12H14ClF3N2O. The molecular weight excluding hydrogens is 281 g/mol. The van der Waals surface area contributed by atoms with Gasteiger partial charge in [-0.1, -0.05) is 24.6 Å². The molecule has 1 rings (SSSR count). The van der Waals surface area contributed by atoms with Gasteiger partial charge in [0.15, 0.2) is 0 Å². The zero-order valence-corrected chi connectivity index (χ0v) is 11.0. The molecule has 0 atom stereocenters. The first-order valence-corrected chi connectivity index (χ1v) is 6.10. The van der Waals surface area contributed by atoms with Crippen LogP contribution < -0.4 is 10.6 Å². The lowest BCUT2D eigenvalue weighted by atomic mass is 10.1. The Hall–Kier alpha value is -1.27. The Bertz CT molecular complexity index is 449. The van der Waals surface area contributed by atoms with Crippen molar-refractivity contribution in [2.75, 3.05) is 18.4 Å². The van der Waals surface area contributed by atoms with Crippen LogP contribution in [-0.4, -0.2) is 19.0 Å². The van der Waals surface area contributed by atoms with Crippen LogP contribution in [0.4, 0.5) is 18.9 Å². The van der Waals surface area contributed by atoms with Crippen molar-refractivity contribution in [3.05, 3.63) is 28.8 Å². The van der Waals surface area contributed by atoms with E-state index in [-0.39, 0.29) is 11.6 Å². The van der Waals surface area contributed by atoms with E-state index >= 15 is 0 Å². The summed E-state index contributed by atoms with van der Waals surface area (Å²) in [5.74, 6) is -0.563. The molecule has 0 aliphatic carbocycles. The standard InChI is InChI=1S/C12H14ClF3N2O/c1-2-6-17-7-10(19)18-11-8(12(14,15)16)4-3-5-9(11)13/h3-5,17H,2,6-7H2,1H3,(H,18,19). The van der Waals surface area contributed by atoms with Crippen LogP contribution in [0.3, 0.4) is 0 Å². The minimum Gasteiger partial charge on any atom is -0.323 e. The van der Waals surface area contributed by atoms with Crippen molar-refractivity contribution in [3.63, 3.8) is 0 Å². The van der Waals surface area contributed by atoms with Gasteiger partial charge < -0.3 is 10.6 Å². The van der Waals surface area contributed by atoms with Crippen LogP contribution in [0.25, 0.3) is 0 Å². The Morgan fingerprint density at radius 3 is 2.63 bits per heavy atom. The topological polar surface area (TPSA) is 41.1 Å². The normalized spacial score (nSPS) is 11.4. The molecule has 0 aliphatic rings. The molecule has 0 saturated carbocycles. The molecule has 0 heterocycles. The number of carbonyl (C=O) groups is 1. The van der Waals surface area contributed by atoms with E-state index in [4.69, 9.17) is 11.6 Å². The SMILES string of the molecule is CCCNCC(=O)Nc1c(Cl)cccc1C(F)(F)F. The van der Waals surface area contributed by atoms with Crippen molar-refractivity contribution in [1.29, 1.82) is 0 Å². The molecule has 0 bridgehead atoms. The Labute approximate surface area is 114 Å². The van der Waals surface area contributed by atoms with Crippen LogP contribution in [0, 0.1) is 0 Å². The van der Waals surface area contributed by atoms with Crippen LogP contribution in [-0.2, 0) is 11.0 Å². The molecule has 0 aromatic heterocycles.